The van der Waals surface area contributed by atoms with Crippen LogP contribution >= 0.6 is 0 Å². The minimum absolute atomic E-state index is 0.0679. The van der Waals surface area contributed by atoms with Crippen LogP contribution in [0.2, 0.25) is 0 Å². The maximum absolute atomic E-state index is 6.35. The van der Waals surface area contributed by atoms with Gasteiger partial charge in [-0.05, 0) is 64.5 Å². The molecule has 3 heterocycles. The average Bonchev–Trinajstić information content (AvgIpc) is 3.26. The standard InChI is InChI=1S/C30H17BO3/c1-3-8-24-20(6-1)21-16-18(12-14-25(21)32-24)19-13-15-27-23(17-19)31-22-7-2-4-9-26(22)33-28-10-5-11-29(34-27)30(28)31/h1-17H. The summed E-state index contributed by atoms with van der Waals surface area (Å²) in [6.07, 6.45) is 0. The predicted octanol–water partition coefficient (Wildman–Crippen LogP) is 5.98. The molecule has 0 N–H and O–H groups in total. The highest BCUT2D eigenvalue weighted by molar-refractivity contribution is 6.98. The largest absolute Gasteiger partial charge is 0.458 e. The van der Waals surface area contributed by atoms with E-state index in [0.717, 1.165) is 67.0 Å². The highest BCUT2D eigenvalue weighted by atomic mass is 16.5. The van der Waals surface area contributed by atoms with Crippen LogP contribution in [0, 0.1) is 0 Å². The van der Waals surface area contributed by atoms with Gasteiger partial charge in [0.1, 0.15) is 34.2 Å². The first kappa shape index (κ1) is 18.0. The predicted molar refractivity (Wildman–Crippen MR) is 137 cm³/mol. The van der Waals surface area contributed by atoms with Crippen LogP contribution in [-0.2, 0) is 0 Å². The van der Waals surface area contributed by atoms with Gasteiger partial charge in [-0.3, -0.25) is 0 Å². The summed E-state index contributed by atoms with van der Waals surface area (Å²) in [7, 11) is 0. The van der Waals surface area contributed by atoms with E-state index in [2.05, 4.69) is 60.7 Å². The lowest BCUT2D eigenvalue weighted by Gasteiger charge is -2.33. The second kappa shape index (κ2) is 6.55. The van der Waals surface area contributed by atoms with Crippen LogP contribution < -0.4 is 25.9 Å². The van der Waals surface area contributed by atoms with Crippen LogP contribution in [0.1, 0.15) is 0 Å². The highest BCUT2D eigenvalue weighted by Crippen LogP contribution is 2.36. The first-order chi connectivity index (χ1) is 16.8. The molecule has 1 aromatic heterocycles. The Morgan fingerprint density at radius 2 is 1.15 bits per heavy atom. The SMILES string of the molecule is c1ccc2c(c1)Oc1cccc3c1B2c1cc(-c2ccc4oc5ccccc5c4c2)ccc1O3. The molecule has 2 aliphatic heterocycles. The molecule has 0 bridgehead atoms. The van der Waals surface area contributed by atoms with Gasteiger partial charge in [0, 0.05) is 16.2 Å². The summed E-state index contributed by atoms with van der Waals surface area (Å²) in [6.45, 7) is 0.0679. The van der Waals surface area contributed by atoms with Crippen molar-refractivity contribution >= 4 is 45.0 Å². The van der Waals surface area contributed by atoms with Gasteiger partial charge < -0.3 is 13.9 Å². The third-order valence-corrected chi connectivity index (χ3v) is 7.02. The molecular formula is C30H17BO3. The van der Waals surface area contributed by atoms with Gasteiger partial charge in [-0.2, -0.15) is 0 Å². The zero-order valence-electron chi connectivity index (χ0n) is 18.1. The lowest BCUT2D eigenvalue weighted by atomic mass is 9.35. The molecule has 2 aliphatic rings. The molecule has 0 unspecified atom stereocenters. The molecule has 3 nitrogen and oxygen atoms in total. The van der Waals surface area contributed by atoms with E-state index in [-0.39, 0.29) is 6.71 Å². The summed E-state index contributed by atoms with van der Waals surface area (Å²) in [5, 5.41) is 2.27. The lowest BCUT2D eigenvalue weighted by molar-refractivity contribution is 0.464. The van der Waals surface area contributed by atoms with Crippen molar-refractivity contribution in [2.75, 3.05) is 0 Å². The zero-order chi connectivity index (χ0) is 22.2. The van der Waals surface area contributed by atoms with Crippen molar-refractivity contribution in [3.05, 3.63) is 103 Å². The monoisotopic (exact) mass is 436 g/mol. The van der Waals surface area contributed by atoms with Crippen molar-refractivity contribution < 1.29 is 13.9 Å². The van der Waals surface area contributed by atoms with Crippen molar-refractivity contribution in [1.82, 2.24) is 0 Å². The second-order valence-corrected chi connectivity index (χ2v) is 8.90. The summed E-state index contributed by atoms with van der Waals surface area (Å²) in [5.41, 5.74) is 7.55. The fourth-order valence-corrected chi connectivity index (χ4v) is 5.47. The van der Waals surface area contributed by atoms with Gasteiger partial charge in [-0.1, -0.05) is 60.7 Å². The maximum atomic E-state index is 6.35. The number of furan rings is 1. The Morgan fingerprint density at radius 1 is 0.471 bits per heavy atom. The summed E-state index contributed by atoms with van der Waals surface area (Å²) in [5.74, 6) is 3.53. The minimum Gasteiger partial charge on any atom is -0.458 e. The lowest BCUT2D eigenvalue weighted by Crippen LogP contribution is -2.57. The third-order valence-electron chi connectivity index (χ3n) is 7.02. The van der Waals surface area contributed by atoms with Crippen molar-refractivity contribution in [2.45, 2.75) is 0 Å². The van der Waals surface area contributed by atoms with E-state index in [1.807, 2.05) is 42.5 Å². The molecule has 4 heteroatoms. The molecule has 0 aliphatic carbocycles. The third kappa shape index (κ3) is 2.42. The van der Waals surface area contributed by atoms with Gasteiger partial charge in [-0.15, -0.1) is 0 Å². The van der Waals surface area contributed by atoms with Crippen LogP contribution in [0.3, 0.4) is 0 Å². The molecule has 0 saturated carbocycles. The first-order valence-corrected chi connectivity index (χ1v) is 11.5. The van der Waals surface area contributed by atoms with E-state index < -0.39 is 0 Å². The van der Waals surface area contributed by atoms with E-state index in [9.17, 15) is 0 Å². The van der Waals surface area contributed by atoms with Crippen LogP contribution in [0.15, 0.2) is 108 Å². The number of ether oxygens (including phenoxy) is 2. The summed E-state index contributed by atoms with van der Waals surface area (Å²) >= 11 is 0. The zero-order valence-corrected chi connectivity index (χ0v) is 18.1. The Balaban J connectivity index is 1.34. The van der Waals surface area contributed by atoms with E-state index >= 15 is 0 Å². The number of fused-ring (bicyclic) bond motifs is 7. The Kier molecular flexibility index (Phi) is 3.48. The fourth-order valence-electron chi connectivity index (χ4n) is 5.47. The van der Waals surface area contributed by atoms with Gasteiger partial charge in [0.05, 0.1) is 0 Å². The molecule has 0 spiro atoms. The topological polar surface area (TPSA) is 31.6 Å². The maximum Gasteiger partial charge on any atom is 0.260 e. The summed E-state index contributed by atoms with van der Waals surface area (Å²) in [6, 6.07) is 35.5. The van der Waals surface area contributed by atoms with E-state index in [1.165, 1.54) is 5.46 Å². The molecule has 0 saturated heterocycles. The molecule has 0 atom stereocenters. The van der Waals surface area contributed by atoms with Crippen LogP contribution in [0.5, 0.6) is 23.0 Å². The minimum atomic E-state index is 0.0679. The molecule has 158 valence electrons. The second-order valence-electron chi connectivity index (χ2n) is 8.90. The van der Waals surface area contributed by atoms with Gasteiger partial charge in [0.2, 0.25) is 0 Å². The Bertz CT molecular complexity index is 1770. The molecule has 0 amide bonds. The fraction of sp³-hybridized carbons (Fsp3) is 0. The Labute approximate surface area is 196 Å². The van der Waals surface area contributed by atoms with Gasteiger partial charge >= 0.3 is 0 Å². The summed E-state index contributed by atoms with van der Waals surface area (Å²) < 4.78 is 18.6. The number of para-hydroxylation sites is 2. The van der Waals surface area contributed by atoms with Crippen molar-refractivity contribution in [2.24, 2.45) is 0 Å². The van der Waals surface area contributed by atoms with Gasteiger partial charge in [-0.25, -0.2) is 0 Å². The van der Waals surface area contributed by atoms with Crippen molar-refractivity contribution in [1.29, 1.82) is 0 Å². The molecular weight excluding hydrogens is 419 g/mol. The Morgan fingerprint density at radius 3 is 2.06 bits per heavy atom. The van der Waals surface area contributed by atoms with Crippen LogP contribution in [0.25, 0.3) is 33.1 Å². The number of benzene rings is 5. The molecule has 8 rings (SSSR count). The molecule has 34 heavy (non-hydrogen) atoms. The van der Waals surface area contributed by atoms with Crippen LogP contribution in [0.4, 0.5) is 0 Å². The van der Waals surface area contributed by atoms with E-state index in [1.54, 1.807) is 0 Å². The molecule has 5 aromatic carbocycles. The van der Waals surface area contributed by atoms with E-state index in [4.69, 9.17) is 13.9 Å². The summed E-state index contributed by atoms with van der Waals surface area (Å²) in [4.78, 5) is 0. The smallest absolute Gasteiger partial charge is 0.260 e. The molecule has 0 fully saturated rings. The highest BCUT2D eigenvalue weighted by Gasteiger charge is 2.39. The van der Waals surface area contributed by atoms with Crippen molar-refractivity contribution in [3.63, 3.8) is 0 Å². The quantitative estimate of drug-likeness (QED) is 0.297. The van der Waals surface area contributed by atoms with Crippen molar-refractivity contribution in [3.8, 4) is 34.1 Å². The Hall–Kier alpha value is -4.44. The van der Waals surface area contributed by atoms with Crippen LogP contribution in [-0.4, -0.2) is 6.71 Å². The molecule has 6 aromatic rings. The average molecular weight is 436 g/mol. The molecule has 0 radical (unpaired) electrons. The number of hydrogen-bond acceptors (Lipinski definition) is 3. The van der Waals surface area contributed by atoms with Gasteiger partial charge in [0.25, 0.3) is 6.71 Å². The normalized spacial score (nSPS) is 13.1. The first-order valence-electron chi connectivity index (χ1n) is 11.5. The van der Waals surface area contributed by atoms with Gasteiger partial charge in [0.15, 0.2) is 0 Å². The number of rotatable bonds is 1. The number of hydrogen-bond donors (Lipinski definition) is 0. The van der Waals surface area contributed by atoms with E-state index in [0.29, 0.717) is 0 Å².